The van der Waals surface area contributed by atoms with Gasteiger partial charge in [0.2, 0.25) is 11.9 Å². The Kier molecular flexibility index (Phi) is 5.66. The molecule has 0 amide bonds. The summed E-state index contributed by atoms with van der Waals surface area (Å²) in [6, 6.07) is 7.77. The fraction of sp³-hybridized carbons (Fsp3) is 0.529. The van der Waals surface area contributed by atoms with Crippen molar-refractivity contribution in [2.24, 2.45) is 21.5 Å². The Balaban J connectivity index is 2.03. The van der Waals surface area contributed by atoms with Crippen molar-refractivity contribution in [1.29, 1.82) is 0 Å². The van der Waals surface area contributed by atoms with Gasteiger partial charge >= 0.3 is 0 Å². The highest BCUT2D eigenvalue weighted by molar-refractivity contribution is 6.05. The smallest absolute Gasteiger partial charge is 0.220 e. The summed E-state index contributed by atoms with van der Waals surface area (Å²) >= 11 is 0. The molecular formula is C17H28N6O. The molecule has 1 aliphatic heterocycles. The maximum Gasteiger partial charge on any atom is 0.220 e. The molecule has 4 N–H and O–H groups in total. The molecule has 1 heterocycles. The van der Waals surface area contributed by atoms with E-state index in [9.17, 15) is 0 Å². The number of likely N-dealkylation sites (N-methyl/N-ethyl adjacent to an activating group) is 1. The number of ether oxygens (including phenoxy) is 1. The van der Waals surface area contributed by atoms with E-state index in [0.717, 1.165) is 31.1 Å². The van der Waals surface area contributed by atoms with Crippen molar-refractivity contribution >= 4 is 17.6 Å². The van der Waals surface area contributed by atoms with Gasteiger partial charge < -0.3 is 21.1 Å². The molecule has 0 radical (unpaired) electrons. The molecule has 24 heavy (non-hydrogen) atoms. The first-order chi connectivity index (χ1) is 11.4. The number of nitrogens with zero attached hydrogens (tertiary/aromatic N) is 4. The molecule has 0 fully saturated rings. The third kappa shape index (κ3) is 4.17. The van der Waals surface area contributed by atoms with E-state index in [2.05, 4.69) is 28.7 Å². The van der Waals surface area contributed by atoms with Crippen LogP contribution in [0.1, 0.15) is 27.7 Å². The van der Waals surface area contributed by atoms with Gasteiger partial charge in [0.05, 0.1) is 0 Å². The maximum atomic E-state index is 6.04. The lowest BCUT2D eigenvalue weighted by Crippen LogP contribution is -2.54. The number of anilines is 1. The SMILES string of the molecule is CCN(CC)CCOc1ccc(N2C(N)=NC(N)=NC2(C)C)cc1. The van der Waals surface area contributed by atoms with E-state index in [0.29, 0.717) is 12.6 Å². The number of aliphatic imine (C=N–C) groups is 2. The predicted molar refractivity (Wildman–Crippen MR) is 99.5 cm³/mol. The van der Waals surface area contributed by atoms with Gasteiger partial charge in [-0.05, 0) is 51.2 Å². The molecule has 1 aromatic rings. The summed E-state index contributed by atoms with van der Waals surface area (Å²) in [6.45, 7) is 11.8. The second kappa shape index (κ2) is 7.53. The van der Waals surface area contributed by atoms with E-state index in [-0.39, 0.29) is 5.96 Å². The fourth-order valence-corrected chi connectivity index (χ4v) is 2.78. The lowest BCUT2D eigenvalue weighted by molar-refractivity contribution is 0.223. The Morgan fingerprint density at radius 2 is 1.75 bits per heavy atom. The molecule has 0 saturated heterocycles. The van der Waals surface area contributed by atoms with E-state index in [1.165, 1.54) is 0 Å². The molecule has 1 aromatic carbocycles. The summed E-state index contributed by atoms with van der Waals surface area (Å²) < 4.78 is 5.81. The van der Waals surface area contributed by atoms with Gasteiger partial charge in [-0.25, -0.2) is 4.99 Å². The van der Waals surface area contributed by atoms with Crippen molar-refractivity contribution in [3.05, 3.63) is 24.3 Å². The number of hydrogen-bond acceptors (Lipinski definition) is 7. The second-order valence-corrected chi connectivity index (χ2v) is 6.14. The summed E-state index contributed by atoms with van der Waals surface area (Å²) in [5.41, 5.74) is 12.1. The quantitative estimate of drug-likeness (QED) is 0.791. The van der Waals surface area contributed by atoms with Crippen molar-refractivity contribution in [3.8, 4) is 5.75 Å². The monoisotopic (exact) mass is 332 g/mol. The zero-order valence-electron chi connectivity index (χ0n) is 15.0. The van der Waals surface area contributed by atoms with Gasteiger partial charge in [-0.1, -0.05) is 13.8 Å². The topological polar surface area (TPSA) is 92.5 Å². The van der Waals surface area contributed by atoms with Gasteiger partial charge in [0.1, 0.15) is 18.0 Å². The molecule has 132 valence electrons. The summed E-state index contributed by atoms with van der Waals surface area (Å²) in [5.74, 6) is 1.37. The minimum Gasteiger partial charge on any atom is -0.492 e. The summed E-state index contributed by atoms with van der Waals surface area (Å²) in [7, 11) is 0. The standard InChI is InChI=1S/C17H28N6O/c1-5-22(6-2)11-12-24-14-9-7-13(8-10-14)23-16(19)20-15(18)21-17(23,3)4/h7-10H,5-6,11-12H2,1-4H3,(H4,18,19,20,21). The van der Waals surface area contributed by atoms with Gasteiger partial charge in [-0.2, -0.15) is 4.99 Å². The lowest BCUT2D eigenvalue weighted by Gasteiger charge is -2.38. The van der Waals surface area contributed by atoms with Crippen LogP contribution in [0.25, 0.3) is 0 Å². The van der Waals surface area contributed by atoms with Crippen LogP contribution in [0.5, 0.6) is 5.75 Å². The molecule has 0 bridgehead atoms. The van der Waals surface area contributed by atoms with E-state index < -0.39 is 5.66 Å². The van der Waals surface area contributed by atoms with Crippen LogP contribution in [-0.4, -0.2) is 48.7 Å². The van der Waals surface area contributed by atoms with Crippen LogP contribution < -0.4 is 21.1 Å². The van der Waals surface area contributed by atoms with Crippen LogP contribution in [0.4, 0.5) is 5.69 Å². The van der Waals surface area contributed by atoms with Crippen LogP contribution in [0.2, 0.25) is 0 Å². The number of benzene rings is 1. The Bertz CT molecular complexity index is 604. The van der Waals surface area contributed by atoms with E-state index in [1.54, 1.807) is 0 Å². The molecule has 0 aromatic heterocycles. The number of guanidine groups is 2. The normalized spacial score (nSPS) is 16.8. The van der Waals surface area contributed by atoms with Gasteiger partial charge in [-0.15, -0.1) is 0 Å². The van der Waals surface area contributed by atoms with Crippen molar-refractivity contribution in [2.75, 3.05) is 31.1 Å². The molecule has 0 atom stereocenters. The third-order valence-electron chi connectivity index (χ3n) is 4.06. The Morgan fingerprint density at radius 3 is 2.29 bits per heavy atom. The molecule has 7 heteroatoms. The maximum absolute atomic E-state index is 6.04. The zero-order valence-corrected chi connectivity index (χ0v) is 15.0. The van der Waals surface area contributed by atoms with Crippen LogP contribution in [0.3, 0.4) is 0 Å². The predicted octanol–water partition coefficient (Wildman–Crippen LogP) is 1.59. The average Bonchev–Trinajstić information content (AvgIpc) is 2.51. The highest BCUT2D eigenvalue weighted by atomic mass is 16.5. The van der Waals surface area contributed by atoms with Crippen molar-refractivity contribution in [3.63, 3.8) is 0 Å². The first-order valence-corrected chi connectivity index (χ1v) is 8.32. The van der Waals surface area contributed by atoms with E-state index >= 15 is 0 Å². The van der Waals surface area contributed by atoms with Gasteiger partial charge in [0.15, 0.2) is 0 Å². The molecular weight excluding hydrogens is 304 g/mol. The molecule has 0 unspecified atom stereocenters. The molecule has 0 saturated carbocycles. The number of rotatable bonds is 7. The van der Waals surface area contributed by atoms with Crippen LogP contribution in [-0.2, 0) is 0 Å². The molecule has 7 nitrogen and oxygen atoms in total. The van der Waals surface area contributed by atoms with Gasteiger partial charge in [-0.3, -0.25) is 4.90 Å². The van der Waals surface area contributed by atoms with Crippen LogP contribution in [0.15, 0.2) is 34.3 Å². The number of nitrogens with two attached hydrogens (primary N) is 2. The summed E-state index contributed by atoms with van der Waals surface area (Å²) in [4.78, 5) is 12.6. The fourth-order valence-electron chi connectivity index (χ4n) is 2.78. The largest absolute Gasteiger partial charge is 0.492 e. The van der Waals surface area contributed by atoms with E-state index in [4.69, 9.17) is 16.2 Å². The zero-order chi connectivity index (χ0) is 17.7. The van der Waals surface area contributed by atoms with Crippen molar-refractivity contribution < 1.29 is 4.74 Å². The van der Waals surface area contributed by atoms with Gasteiger partial charge in [0, 0.05) is 12.2 Å². The minimum atomic E-state index is -0.582. The van der Waals surface area contributed by atoms with Crippen LogP contribution >= 0.6 is 0 Å². The Labute approximate surface area is 144 Å². The molecule has 0 spiro atoms. The summed E-state index contributed by atoms with van der Waals surface area (Å²) in [6.07, 6.45) is 0. The Morgan fingerprint density at radius 1 is 1.12 bits per heavy atom. The second-order valence-electron chi connectivity index (χ2n) is 6.14. The third-order valence-corrected chi connectivity index (χ3v) is 4.06. The first kappa shape index (κ1) is 18.1. The lowest BCUT2D eigenvalue weighted by atomic mass is 10.1. The highest BCUT2D eigenvalue weighted by Gasteiger charge is 2.32. The summed E-state index contributed by atoms with van der Waals surface area (Å²) in [5, 5.41) is 0. The Hall–Kier alpha value is -2.28. The van der Waals surface area contributed by atoms with Crippen molar-refractivity contribution in [1.82, 2.24) is 4.90 Å². The number of hydrogen-bond donors (Lipinski definition) is 2. The highest BCUT2D eigenvalue weighted by Crippen LogP contribution is 2.28. The molecule has 2 rings (SSSR count). The van der Waals surface area contributed by atoms with E-state index in [1.807, 2.05) is 43.0 Å². The average molecular weight is 332 g/mol. The van der Waals surface area contributed by atoms with Crippen LogP contribution in [0, 0.1) is 0 Å². The van der Waals surface area contributed by atoms with Crippen molar-refractivity contribution in [2.45, 2.75) is 33.4 Å². The first-order valence-electron chi connectivity index (χ1n) is 8.32. The minimum absolute atomic E-state index is 0.199. The molecule has 1 aliphatic rings. The van der Waals surface area contributed by atoms with Gasteiger partial charge in [0.25, 0.3) is 0 Å². The molecule has 0 aliphatic carbocycles.